The van der Waals surface area contributed by atoms with E-state index in [4.69, 9.17) is 9.47 Å². The summed E-state index contributed by atoms with van der Waals surface area (Å²) in [4.78, 5) is 0. The highest BCUT2D eigenvalue weighted by atomic mass is 35.5. The number of rotatable bonds is 26. The lowest BCUT2D eigenvalue weighted by Crippen LogP contribution is -3.00. The van der Waals surface area contributed by atoms with Crippen molar-refractivity contribution in [2.24, 2.45) is 0 Å². The van der Waals surface area contributed by atoms with E-state index < -0.39 is 0 Å². The molecule has 202 valence electrons. The first-order valence-corrected chi connectivity index (χ1v) is 14.6. The first-order chi connectivity index (χ1) is 16.4. The molecule has 0 aliphatic rings. The summed E-state index contributed by atoms with van der Waals surface area (Å²) >= 11 is 0. The lowest BCUT2D eigenvalue weighted by molar-refractivity contribution is -0.732. The summed E-state index contributed by atoms with van der Waals surface area (Å²) in [5.74, 6) is 0. The fourth-order valence-corrected chi connectivity index (χ4v) is 4.31. The smallest absolute Gasteiger partial charge is 0.247 e. The van der Waals surface area contributed by atoms with Crippen LogP contribution in [0.4, 0.5) is 0 Å². The van der Waals surface area contributed by atoms with Gasteiger partial charge >= 0.3 is 0 Å². The Morgan fingerprint density at radius 3 is 1.44 bits per heavy atom. The first-order valence-electron chi connectivity index (χ1n) is 14.6. The second-order valence-electron chi connectivity index (χ2n) is 9.88. The SMILES string of the molecule is CCCCCCCCCCCCOCn1cc[n+](COCCCCCCCCCCCC)c1.[Cl-]. The normalized spacial score (nSPS) is 11.1. The number of hydrogen-bond donors (Lipinski definition) is 0. The van der Waals surface area contributed by atoms with Gasteiger partial charge < -0.3 is 21.9 Å². The zero-order valence-electron chi connectivity index (χ0n) is 22.8. The first kappa shape index (κ1) is 33.4. The van der Waals surface area contributed by atoms with Crippen molar-refractivity contribution in [3.8, 4) is 0 Å². The van der Waals surface area contributed by atoms with Gasteiger partial charge in [-0.3, -0.25) is 0 Å². The number of hydrogen-bond acceptors (Lipinski definition) is 2. The van der Waals surface area contributed by atoms with E-state index in [2.05, 4.69) is 41.7 Å². The summed E-state index contributed by atoms with van der Waals surface area (Å²) < 4.78 is 15.9. The molecule has 0 N–H and O–H groups in total. The third kappa shape index (κ3) is 21.9. The summed E-state index contributed by atoms with van der Waals surface area (Å²) in [5.41, 5.74) is 0. The van der Waals surface area contributed by atoms with Crippen LogP contribution < -0.4 is 17.0 Å². The molecular formula is C29H57ClN2O2. The van der Waals surface area contributed by atoms with Crippen molar-refractivity contribution in [3.05, 3.63) is 18.7 Å². The predicted molar refractivity (Wildman–Crippen MR) is 140 cm³/mol. The average Bonchev–Trinajstić information content (AvgIpc) is 3.28. The van der Waals surface area contributed by atoms with Crippen molar-refractivity contribution in [1.82, 2.24) is 4.57 Å². The van der Waals surface area contributed by atoms with Crippen LogP contribution in [-0.2, 0) is 22.9 Å². The standard InChI is InChI=1S/C29H57N2O2.ClH/c1-3-5-7-9-11-13-15-17-19-21-25-32-28-30-23-24-31(27-30)29-33-26-22-20-18-16-14-12-10-8-6-4-2;/h23-24,27H,3-22,25-26,28-29H2,1-2H3;1H/q+1;/p-1. The molecular weight excluding hydrogens is 444 g/mol. The Labute approximate surface area is 218 Å². The fraction of sp³-hybridized carbons (Fsp3) is 0.897. The minimum Gasteiger partial charge on any atom is -1.00 e. The monoisotopic (exact) mass is 500 g/mol. The molecule has 1 heterocycles. The number of imidazole rings is 1. The van der Waals surface area contributed by atoms with Crippen LogP contribution >= 0.6 is 0 Å². The van der Waals surface area contributed by atoms with Gasteiger partial charge in [0.05, 0.1) is 13.2 Å². The van der Waals surface area contributed by atoms with Gasteiger partial charge in [-0.15, -0.1) is 0 Å². The van der Waals surface area contributed by atoms with Crippen molar-refractivity contribution >= 4 is 0 Å². The van der Waals surface area contributed by atoms with E-state index in [1.807, 2.05) is 0 Å². The molecule has 0 saturated carbocycles. The minimum atomic E-state index is 0. The second-order valence-corrected chi connectivity index (χ2v) is 9.88. The summed E-state index contributed by atoms with van der Waals surface area (Å²) in [6.07, 6.45) is 33.6. The van der Waals surface area contributed by atoms with E-state index in [-0.39, 0.29) is 12.4 Å². The van der Waals surface area contributed by atoms with Gasteiger partial charge in [-0.2, -0.15) is 0 Å². The highest BCUT2D eigenvalue weighted by Gasteiger charge is 2.03. The number of halogens is 1. The molecule has 0 saturated heterocycles. The largest absolute Gasteiger partial charge is 1.00 e. The molecule has 1 aromatic heterocycles. The molecule has 5 heteroatoms. The Balaban J connectivity index is 0.0000109. The van der Waals surface area contributed by atoms with Crippen molar-refractivity contribution in [1.29, 1.82) is 0 Å². The van der Waals surface area contributed by atoms with Gasteiger partial charge in [0.1, 0.15) is 12.4 Å². The van der Waals surface area contributed by atoms with Crippen LogP contribution in [0.15, 0.2) is 18.7 Å². The molecule has 1 aromatic rings. The van der Waals surface area contributed by atoms with Gasteiger partial charge in [-0.1, -0.05) is 129 Å². The van der Waals surface area contributed by atoms with Gasteiger partial charge in [-0.25, -0.2) is 9.13 Å². The highest BCUT2D eigenvalue weighted by molar-refractivity contribution is 4.63. The van der Waals surface area contributed by atoms with E-state index in [1.54, 1.807) is 0 Å². The van der Waals surface area contributed by atoms with Crippen LogP contribution in [0.25, 0.3) is 0 Å². The number of aromatic nitrogens is 2. The summed E-state index contributed by atoms with van der Waals surface area (Å²) in [6.45, 7) is 7.58. The number of ether oxygens (including phenoxy) is 2. The van der Waals surface area contributed by atoms with Crippen LogP contribution in [-0.4, -0.2) is 17.8 Å². The molecule has 0 aliphatic carbocycles. The lowest BCUT2D eigenvalue weighted by atomic mass is 10.1. The number of nitrogens with zero attached hydrogens (tertiary/aromatic N) is 2. The fourth-order valence-electron chi connectivity index (χ4n) is 4.31. The van der Waals surface area contributed by atoms with Crippen LogP contribution in [0.3, 0.4) is 0 Å². The average molecular weight is 501 g/mol. The Bertz CT molecular complexity index is 468. The maximum absolute atomic E-state index is 5.83. The van der Waals surface area contributed by atoms with E-state index in [1.165, 1.54) is 128 Å². The van der Waals surface area contributed by atoms with Crippen LogP contribution in [0, 0.1) is 0 Å². The molecule has 34 heavy (non-hydrogen) atoms. The zero-order chi connectivity index (χ0) is 23.7. The van der Waals surface area contributed by atoms with Crippen molar-refractivity contribution < 1.29 is 26.4 Å². The van der Waals surface area contributed by atoms with Gasteiger partial charge in [0, 0.05) is 0 Å². The van der Waals surface area contributed by atoms with Gasteiger partial charge in [-0.05, 0) is 12.8 Å². The molecule has 0 bridgehead atoms. The van der Waals surface area contributed by atoms with E-state index >= 15 is 0 Å². The third-order valence-corrected chi connectivity index (χ3v) is 6.51. The van der Waals surface area contributed by atoms with Crippen molar-refractivity contribution in [2.75, 3.05) is 13.2 Å². The Morgan fingerprint density at radius 2 is 0.971 bits per heavy atom. The maximum Gasteiger partial charge on any atom is 0.247 e. The molecule has 0 spiro atoms. The van der Waals surface area contributed by atoms with Crippen molar-refractivity contribution in [2.45, 2.75) is 156 Å². The molecule has 0 radical (unpaired) electrons. The molecule has 1 rings (SSSR count). The quantitative estimate of drug-likeness (QED) is 0.123. The molecule has 0 amide bonds. The summed E-state index contributed by atoms with van der Waals surface area (Å²) in [7, 11) is 0. The van der Waals surface area contributed by atoms with Crippen LogP contribution in [0.1, 0.15) is 142 Å². The zero-order valence-corrected chi connectivity index (χ0v) is 23.5. The Hall–Kier alpha value is -0.580. The van der Waals surface area contributed by atoms with Crippen LogP contribution in [0.2, 0.25) is 0 Å². The molecule has 0 aliphatic heterocycles. The highest BCUT2D eigenvalue weighted by Crippen LogP contribution is 2.11. The van der Waals surface area contributed by atoms with Gasteiger partial charge in [0.2, 0.25) is 6.33 Å². The van der Waals surface area contributed by atoms with E-state index in [0.29, 0.717) is 13.5 Å². The molecule has 4 nitrogen and oxygen atoms in total. The molecule has 0 unspecified atom stereocenters. The van der Waals surface area contributed by atoms with Gasteiger partial charge in [0.15, 0.2) is 13.5 Å². The third-order valence-electron chi connectivity index (χ3n) is 6.51. The van der Waals surface area contributed by atoms with Crippen LogP contribution in [0.5, 0.6) is 0 Å². The molecule has 0 atom stereocenters. The lowest BCUT2D eigenvalue weighted by Gasteiger charge is -2.04. The van der Waals surface area contributed by atoms with Gasteiger partial charge in [0.25, 0.3) is 0 Å². The second kappa shape index (κ2) is 27.0. The Kier molecular flexibility index (Phi) is 26.6. The molecule has 0 aromatic carbocycles. The minimum absolute atomic E-state index is 0. The predicted octanol–water partition coefficient (Wildman–Crippen LogP) is 5.57. The summed E-state index contributed by atoms with van der Waals surface area (Å²) in [6, 6.07) is 0. The van der Waals surface area contributed by atoms with Crippen molar-refractivity contribution in [3.63, 3.8) is 0 Å². The Morgan fingerprint density at radius 1 is 0.559 bits per heavy atom. The topological polar surface area (TPSA) is 27.3 Å². The maximum atomic E-state index is 5.83. The number of unbranched alkanes of at least 4 members (excludes halogenated alkanes) is 18. The van der Waals surface area contributed by atoms with E-state index in [9.17, 15) is 0 Å². The summed E-state index contributed by atoms with van der Waals surface area (Å²) in [5, 5.41) is 0. The molecule has 0 fully saturated rings. The van der Waals surface area contributed by atoms with E-state index in [0.717, 1.165) is 13.2 Å².